The number of hydrogen-bond acceptors (Lipinski definition) is 4. The van der Waals surface area contributed by atoms with Crippen LogP contribution in [0.1, 0.15) is 18.5 Å². The zero-order valence-corrected chi connectivity index (χ0v) is 13.7. The van der Waals surface area contributed by atoms with Gasteiger partial charge >= 0.3 is 6.03 Å². The van der Waals surface area contributed by atoms with E-state index in [-0.39, 0.29) is 17.9 Å². The van der Waals surface area contributed by atoms with E-state index in [0.29, 0.717) is 13.1 Å². The Kier molecular flexibility index (Phi) is 4.76. The first-order valence-corrected chi connectivity index (χ1v) is 8.47. The lowest BCUT2D eigenvalue weighted by atomic mass is 10.1. The molecule has 1 atom stereocenters. The van der Waals surface area contributed by atoms with Crippen LogP contribution >= 0.6 is 11.3 Å². The van der Waals surface area contributed by atoms with Crippen molar-refractivity contribution >= 4 is 22.5 Å². The van der Waals surface area contributed by atoms with Crippen LogP contribution in [-0.2, 0) is 0 Å². The van der Waals surface area contributed by atoms with Crippen molar-refractivity contribution in [1.29, 1.82) is 0 Å². The number of aromatic nitrogens is 1. The van der Waals surface area contributed by atoms with E-state index < -0.39 is 0 Å². The number of rotatable bonds is 3. The lowest BCUT2D eigenvalue weighted by Crippen LogP contribution is -2.52. The summed E-state index contributed by atoms with van der Waals surface area (Å²) >= 11 is 1.61. The Bertz CT molecular complexity index is 639. The van der Waals surface area contributed by atoms with Crippen molar-refractivity contribution in [3.05, 3.63) is 47.2 Å². The van der Waals surface area contributed by atoms with Crippen LogP contribution in [0.4, 0.5) is 14.3 Å². The Hall–Kier alpha value is -2.15. The maximum atomic E-state index is 13.0. The van der Waals surface area contributed by atoms with Crippen LogP contribution in [0.15, 0.2) is 35.8 Å². The lowest BCUT2D eigenvalue weighted by Gasteiger charge is -2.35. The Balaban J connectivity index is 1.52. The predicted molar refractivity (Wildman–Crippen MR) is 89.2 cm³/mol. The van der Waals surface area contributed by atoms with Gasteiger partial charge in [0.05, 0.1) is 6.04 Å². The first kappa shape index (κ1) is 15.7. The predicted octanol–water partition coefficient (Wildman–Crippen LogP) is 2.88. The number of hydrogen-bond donors (Lipinski definition) is 1. The molecule has 1 aromatic heterocycles. The van der Waals surface area contributed by atoms with E-state index in [1.807, 2.05) is 17.2 Å². The first-order chi connectivity index (χ1) is 11.1. The molecule has 7 heteroatoms. The van der Waals surface area contributed by atoms with Crippen LogP contribution in [0.25, 0.3) is 0 Å². The number of benzene rings is 1. The van der Waals surface area contributed by atoms with Crippen molar-refractivity contribution in [1.82, 2.24) is 15.2 Å². The number of thiazole rings is 1. The van der Waals surface area contributed by atoms with E-state index in [1.165, 1.54) is 12.1 Å². The highest BCUT2D eigenvalue weighted by atomic mass is 32.1. The number of amides is 2. The molecule has 2 amide bonds. The Labute approximate surface area is 138 Å². The summed E-state index contributed by atoms with van der Waals surface area (Å²) in [5.74, 6) is -0.273. The summed E-state index contributed by atoms with van der Waals surface area (Å²) in [7, 11) is 0. The highest BCUT2D eigenvalue weighted by molar-refractivity contribution is 7.13. The highest BCUT2D eigenvalue weighted by Gasteiger charge is 2.23. The fraction of sp³-hybridized carbons (Fsp3) is 0.375. The fourth-order valence-corrected chi connectivity index (χ4v) is 3.28. The van der Waals surface area contributed by atoms with Gasteiger partial charge in [-0.2, -0.15) is 0 Å². The molecule has 1 unspecified atom stereocenters. The molecular weight excluding hydrogens is 315 g/mol. The number of piperazine rings is 1. The molecule has 0 aliphatic carbocycles. The molecule has 122 valence electrons. The van der Waals surface area contributed by atoms with Gasteiger partial charge in [-0.25, -0.2) is 14.2 Å². The average Bonchev–Trinajstić information content (AvgIpc) is 3.10. The molecule has 0 bridgehead atoms. The fourth-order valence-electron chi connectivity index (χ4n) is 2.58. The van der Waals surface area contributed by atoms with Crippen LogP contribution in [0.5, 0.6) is 0 Å². The summed E-state index contributed by atoms with van der Waals surface area (Å²) in [4.78, 5) is 20.7. The van der Waals surface area contributed by atoms with Gasteiger partial charge in [0.1, 0.15) is 5.82 Å². The summed E-state index contributed by atoms with van der Waals surface area (Å²) in [5, 5.41) is 5.93. The van der Waals surface area contributed by atoms with Crippen LogP contribution in [0.3, 0.4) is 0 Å². The van der Waals surface area contributed by atoms with Gasteiger partial charge in [-0.15, -0.1) is 11.3 Å². The van der Waals surface area contributed by atoms with Crippen LogP contribution in [0, 0.1) is 5.82 Å². The monoisotopic (exact) mass is 334 g/mol. The molecule has 0 radical (unpaired) electrons. The third-order valence-electron chi connectivity index (χ3n) is 3.97. The smallest absolute Gasteiger partial charge is 0.317 e. The molecule has 1 N–H and O–H groups in total. The molecule has 3 rings (SSSR count). The van der Waals surface area contributed by atoms with Crippen molar-refractivity contribution in [2.24, 2.45) is 0 Å². The molecule has 1 aromatic carbocycles. The van der Waals surface area contributed by atoms with Gasteiger partial charge in [0.2, 0.25) is 0 Å². The second-order valence-corrected chi connectivity index (χ2v) is 6.38. The topological polar surface area (TPSA) is 48.5 Å². The van der Waals surface area contributed by atoms with Gasteiger partial charge in [-0.1, -0.05) is 12.1 Å². The molecule has 1 fully saturated rings. The maximum Gasteiger partial charge on any atom is 0.317 e. The minimum Gasteiger partial charge on any atom is -0.345 e. The number of nitrogens with zero attached hydrogens (tertiary/aromatic N) is 3. The quantitative estimate of drug-likeness (QED) is 0.939. The number of urea groups is 1. The van der Waals surface area contributed by atoms with Crippen LogP contribution < -0.4 is 10.2 Å². The van der Waals surface area contributed by atoms with Crippen molar-refractivity contribution in [3.8, 4) is 0 Å². The number of nitrogens with one attached hydrogen (secondary N) is 1. The van der Waals surface area contributed by atoms with Crippen LogP contribution in [-0.4, -0.2) is 42.1 Å². The van der Waals surface area contributed by atoms with Crippen molar-refractivity contribution in [3.63, 3.8) is 0 Å². The molecule has 0 saturated carbocycles. The molecular formula is C16H19FN4OS. The molecule has 1 saturated heterocycles. The molecule has 1 aliphatic rings. The van der Waals surface area contributed by atoms with Gasteiger partial charge in [0.15, 0.2) is 5.13 Å². The standard InChI is InChI=1S/C16H19FN4OS/c1-12(13-2-4-14(17)5-3-13)19-15(22)20-7-9-21(10-8-20)16-18-6-11-23-16/h2-6,11-12H,7-10H2,1H3,(H,19,22). The highest BCUT2D eigenvalue weighted by Crippen LogP contribution is 2.19. The number of carbonyl (C=O) groups excluding carboxylic acids is 1. The largest absolute Gasteiger partial charge is 0.345 e. The van der Waals surface area contributed by atoms with E-state index >= 15 is 0 Å². The summed E-state index contributed by atoms with van der Waals surface area (Å²) in [6, 6.07) is 5.97. The normalized spacial score (nSPS) is 16.3. The van der Waals surface area contributed by atoms with Gasteiger partial charge in [-0.3, -0.25) is 0 Å². The number of carbonyl (C=O) groups is 1. The minimum absolute atomic E-state index is 0.0828. The first-order valence-electron chi connectivity index (χ1n) is 7.59. The third kappa shape index (κ3) is 3.79. The second kappa shape index (κ2) is 6.95. The Morgan fingerprint density at radius 2 is 1.96 bits per heavy atom. The van der Waals surface area contributed by atoms with E-state index in [4.69, 9.17) is 0 Å². The Morgan fingerprint density at radius 1 is 1.26 bits per heavy atom. The molecule has 2 aromatic rings. The maximum absolute atomic E-state index is 13.0. The summed E-state index contributed by atoms with van der Waals surface area (Å²) < 4.78 is 13.0. The molecule has 5 nitrogen and oxygen atoms in total. The summed E-state index contributed by atoms with van der Waals surface area (Å²) in [5.41, 5.74) is 0.890. The van der Waals surface area contributed by atoms with E-state index in [9.17, 15) is 9.18 Å². The van der Waals surface area contributed by atoms with E-state index in [0.717, 1.165) is 23.8 Å². The van der Waals surface area contributed by atoms with Crippen molar-refractivity contribution < 1.29 is 9.18 Å². The van der Waals surface area contributed by atoms with Gasteiger partial charge < -0.3 is 15.1 Å². The van der Waals surface area contributed by atoms with Gasteiger partial charge in [-0.05, 0) is 24.6 Å². The lowest BCUT2D eigenvalue weighted by molar-refractivity contribution is 0.191. The molecule has 0 spiro atoms. The van der Waals surface area contributed by atoms with Crippen molar-refractivity contribution in [2.75, 3.05) is 31.1 Å². The minimum atomic E-state index is -0.273. The third-order valence-corrected chi connectivity index (χ3v) is 4.80. The summed E-state index contributed by atoms with van der Waals surface area (Å²) in [6.07, 6.45) is 1.80. The van der Waals surface area contributed by atoms with Crippen LogP contribution in [0.2, 0.25) is 0 Å². The average molecular weight is 334 g/mol. The van der Waals surface area contributed by atoms with Crippen molar-refractivity contribution in [2.45, 2.75) is 13.0 Å². The number of anilines is 1. The molecule has 2 heterocycles. The number of halogens is 1. The van der Waals surface area contributed by atoms with Gasteiger partial charge in [0, 0.05) is 37.8 Å². The molecule has 1 aliphatic heterocycles. The summed E-state index contributed by atoms with van der Waals surface area (Å²) in [6.45, 7) is 4.80. The Morgan fingerprint density at radius 3 is 2.57 bits per heavy atom. The van der Waals surface area contributed by atoms with Gasteiger partial charge in [0.25, 0.3) is 0 Å². The second-order valence-electron chi connectivity index (χ2n) is 5.51. The zero-order valence-electron chi connectivity index (χ0n) is 12.9. The SMILES string of the molecule is CC(NC(=O)N1CCN(c2nccs2)CC1)c1ccc(F)cc1. The van der Waals surface area contributed by atoms with E-state index in [2.05, 4.69) is 15.2 Å². The zero-order chi connectivity index (χ0) is 16.2. The molecule has 23 heavy (non-hydrogen) atoms. The van der Waals surface area contributed by atoms with E-state index in [1.54, 1.807) is 29.7 Å².